The number of nitrogens with one attached hydrogen (secondary N) is 2. The van der Waals surface area contributed by atoms with Crippen LogP contribution in [0.4, 0.5) is 0 Å². The van der Waals surface area contributed by atoms with Gasteiger partial charge in [-0.15, -0.1) is 0 Å². The maximum atomic E-state index is 13.6. The Morgan fingerprint density at radius 1 is 0.592 bits per heavy atom. The molecule has 2 unspecified atom stereocenters. The molecule has 0 saturated heterocycles. The summed E-state index contributed by atoms with van der Waals surface area (Å²) in [4.78, 5) is 41.5. The van der Waals surface area contributed by atoms with Gasteiger partial charge in [-0.25, -0.2) is 0 Å². The summed E-state index contributed by atoms with van der Waals surface area (Å²) >= 11 is 1.66. The first kappa shape index (κ1) is 47.7. The zero-order valence-electron chi connectivity index (χ0n) is 33.1. The standard InChI is InChI=1S/C41H81N3O4S/c1-6-11-14-17-19-20-21-22-24-27-34-48-39(45)31-36-49-35-30-38(41(47)42-32-33-44(9-4)10-5)43-40(46)37(28-25-16-13-8-3)29-26-23-18-15-12-7-2/h37-38H,6-36H2,1-5H3,(H,42,47)(H,43,46). The van der Waals surface area contributed by atoms with E-state index in [2.05, 4.69) is 50.2 Å². The SMILES string of the molecule is CCCCCCCCCCCCOC(=O)CCSCCC(NC(=O)C(CCCCCC)CCCCCCCC)C(=O)NCCN(CC)CC. The van der Waals surface area contributed by atoms with Crippen LogP contribution in [-0.2, 0) is 19.1 Å². The number of carbonyl (C=O) groups excluding carboxylic acids is 3. The lowest BCUT2D eigenvalue weighted by Gasteiger charge is -2.24. The summed E-state index contributed by atoms with van der Waals surface area (Å²) < 4.78 is 5.47. The van der Waals surface area contributed by atoms with E-state index in [-0.39, 0.29) is 23.7 Å². The highest BCUT2D eigenvalue weighted by Gasteiger charge is 2.25. The molecule has 2 N–H and O–H groups in total. The monoisotopic (exact) mass is 712 g/mol. The summed E-state index contributed by atoms with van der Waals surface area (Å²) in [5.41, 5.74) is 0. The number of carbonyl (C=O) groups is 3. The Kier molecular flexibility index (Phi) is 35.6. The molecule has 7 nitrogen and oxygen atoms in total. The molecule has 0 heterocycles. The number of hydrogen-bond donors (Lipinski definition) is 2. The molecule has 0 rings (SSSR count). The van der Waals surface area contributed by atoms with Gasteiger partial charge in [0, 0.05) is 24.8 Å². The van der Waals surface area contributed by atoms with E-state index in [0.29, 0.717) is 37.5 Å². The van der Waals surface area contributed by atoms with Gasteiger partial charge in [0.15, 0.2) is 0 Å². The Labute approximate surface area is 308 Å². The molecular formula is C41H81N3O4S. The fourth-order valence-electron chi connectivity index (χ4n) is 6.26. The normalized spacial score (nSPS) is 12.6. The van der Waals surface area contributed by atoms with Crippen LogP contribution in [0.15, 0.2) is 0 Å². The van der Waals surface area contributed by atoms with E-state index in [1.165, 1.54) is 96.3 Å². The number of hydrogen-bond acceptors (Lipinski definition) is 6. The van der Waals surface area contributed by atoms with Crippen LogP contribution < -0.4 is 10.6 Å². The van der Waals surface area contributed by atoms with Crippen molar-refractivity contribution in [2.75, 3.05) is 44.3 Å². The van der Waals surface area contributed by atoms with E-state index in [9.17, 15) is 14.4 Å². The Hall–Kier alpha value is -1.28. The van der Waals surface area contributed by atoms with Crippen molar-refractivity contribution in [3.63, 3.8) is 0 Å². The summed E-state index contributed by atoms with van der Waals surface area (Å²) in [5, 5.41) is 6.27. The minimum Gasteiger partial charge on any atom is -0.466 e. The van der Waals surface area contributed by atoms with Gasteiger partial charge < -0.3 is 20.3 Å². The lowest BCUT2D eigenvalue weighted by molar-refractivity contribution is -0.143. The number of thioether (sulfide) groups is 1. The molecule has 0 bridgehead atoms. The lowest BCUT2D eigenvalue weighted by atomic mass is 9.93. The highest BCUT2D eigenvalue weighted by atomic mass is 32.2. The molecule has 0 aromatic rings. The van der Waals surface area contributed by atoms with Gasteiger partial charge in [0.25, 0.3) is 0 Å². The average molecular weight is 712 g/mol. The first-order chi connectivity index (χ1) is 23.9. The highest BCUT2D eigenvalue weighted by molar-refractivity contribution is 7.99. The van der Waals surface area contributed by atoms with E-state index >= 15 is 0 Å². The maximum absolute atomic E-state index is 13.6. The number of esters is 1. The lowest BCUT2D eigenvalue weighted by Crippen LogP contribution is -2.50. The van der Waals surface area contributed by atoms with Crippen LogP contribution in [0.5, 0.6) is 0 Å². The molecule has 0 aliphatic carbocycles. The summed E-state index contributed by atoms with van der Waals surface area (Å²) in [7, 11) is 0. The average Bonchev–Trinajstić information content (AvgIpc) is 3.10. The molecule has 0 radical (unpaired) electrons. The van der Waals surface area contributed by atoms with Crippen molar-refractivity contribution in [2.45, 2.75) is 195 Å². The van der Waals surface area contributed by atoms with Crippen LogP contribution in [0.25, 0.3) is 0 Å². The zero-order valence-corrected chi connectivity index (χ0v) is 33.9. The Balaban J connectivity index is 4.75. The van der Waals surface area contributed by atoms with Crippen molar-refractivity contribution >= 4 is 29.5 Å². The number of nitrogens with zero attached hydrogens (tertiary/aromatic N) is 1. The Morgan fingerprint density at radius 3 is 1.61 bits per heavy atom. The van der Waals surface area contributed by atoms with Gasteiger partial charge in [-0.2, -0.15) is 11.8 Å². The van der Waals surface area contributed by atoms with E-state index in [4.69, 9.17) is 4.74 Å². The van der Waals surface area contributed by atoms with Crippen molar-refractivity contribution in [1.82, 2.24) is 15.5 Å². The van der Waals surface area contributed by atoms with E-state index in [0.717, 1.165) is 64.6 Å². The summed E-state index contributed by atoms with van der Waals surface area (Å²) in [5.74, 6) is 1.14. The third kappa shape index (κ3) is 30.1. The Morgan fingerprint density at radius 2 is 1.08 bits per heavy atom. The van der Waals surface area contributed by atoms with Crippen molar-refractivity contribution in [2.24, 2.45) is 5.92 Å². The van der Waals surface area contributed by atoms with Crippen LogP contribution in [0.3, 0.4) is 0 Å². The summed E-state index contributed by atoms with van der Waals surface area (Å²) in [6.45, 7) is 14.7. The smallest absolute Gasteiger partial charge is 0.306 e. The quantitative estimate of drug-likeness (QED) is 0.0493. The van der Waals surface area contributed by atoms with Crippen molar-refractivity contribution < 1.29 is 19.1 Å². The first-order valence-corrected chi connectivity index (χ1v) is 22.1. The van der Waals surface area contributed by atoms with E-state index < -0.39 is 6.04 Å². The minimum absolute atomic E-state index is 0.0352. The second-order valence-electron chi connectivity index (χ2n) is 14.0. The number of unbranched alkanes of at least 4 members (excludes halogenated alkanes) is 17. The van der Waals surface area contributed by atoms with Crippen LogP contribution in [-0.4, -0.2) is 73.0 Å². The number of rotatable bonds is 37. The van der Waals surface area contributed by atoms with Crippen LogP contribution in [0.2, 0.25) is 0 Å². The summed E-state index contributed by atoms with van der Waals surface area (Å²) in [6, 6.07) is -0.553. The van der Waals surface area contributed by atoms with Gasteiger partial charge in [-0.3, -0.25) is 14.4 Å². The second-order valence-corrected chi connectivity index (χ2v) is 15.3. The number of amides is 2. The van der Waals surface area contributed by atoms with Gasteiger partial charge >= 0.3 is 5.97 Å². The van der Waals surface area contributed by atoms with Crippen molar-refractivity contribution in [1.29, 1.82) is 0 Å². The number of ether oxygens (including phenoxy) is 1. The van der Waals surface area contributed by atoms with E-state index in [1.54, 1.807) is 11.8 Å². The fraction of sp³-hybridized carbons (Fsp3) is 0.927. The largest absolute Gasteiger partial charge is 0.466 e. The van der Waals surface area contributed by atoms with Gasteiger partial charge in [0.05, 0.1) is 13.0 Å². The molecule has 290 valence electrons. The van der Waals surface area contributed by atoms with Gasteiger partial charge in [0.1, 0.15) is 6.04 Å². The molecule has 0 aromatic heterocycles. The Bertz CT molecular complexity index is 765. The molecule has 0 aliphatic heterocycles. The molecular weight excluding hydrogens is 631 g/mol. The van der Waals surface area contributed by atoms with Gasteiger partial charge in [0.2, 0.25) is 11.8 Å². The maximum Gasteiger partial charge on any atom is 0.306 e. The first-order valence-electron chi connectivity index (χ1n) is 21.0. The van der Waals surface area contributed by atoms with Gasteiger partial charge in [-0.1, -0.05) is 157 Å². The summed E-state index contributed by atoms with van der Waals surface area (Å²) in [6.07, 6.45) is 27.2. The molecule has 0 spiro atoms. The van der Waals surface area contributed by atoms with Crippen LogP contribution in [0.1, 0.15) is 189 Å². The minimum atomic E-state index is -0.553. The van der Waals surface area contributed by atoms with Crippen molar-refractivity contribution in [3.8, 4) is 0 Å². The molecule has 2 atom stereocenters. The van der Waals surface area contributed by atoms with Crippen LogP contribution in [0, 0.1) is 5.92 Å². The van der Waals surface area contributed by atoms with Gasteiger partial charge in [-0.05, 0) is 44.5 Å². The topological polar surface area (TPSA) is 87.7 Å². The third-order valence-electron chi connectivity index (χ3n) is 9.70. The highest BCUT2D eigenvalue weighted by Crippen LogP contribution is 2.20. The number of likely N-dealkylation sites (N-methyl/N-ethyl adjacent to an activating group) is 1. The zero-order chi connectivity index (χ0) is 36.2. The van der Waals surface area contributed by atoms with E-state index in [1.807, 2.05) is 0 Å². The second kappa shape index (κ2) is 36.5. The molecule has 0 saturated carbocycles. The predicted octanol–water partition coefficient (Wildman–Crippen LogP) is 10.2. The third-order valence-corrected chi connectivity index (χ3v) is 10.7. The molecule has 0 aromatic carbocycles. The van der Waals surface area contributed by atoms with Crippen molar-refractivity contribution in [3.05, 3.63) is 0 Å². The van der Waals surface area contributed by atoms with Crippen LogP contribution >= 0.6 is 11.8 Å². The molecule has 49 heavy (non-hydrogen) atoms. The fourth-order valence-corrected chi connectivity index (χ4v) is 7.18. The molecule has 2 amide bonds. The molecule has 8 heteroatoms. The molecule has 0 aliphatic rings. The molecule has 0 fully saturated rings. The predicted molar refractivity (Wildman–Crippen MR) is 212 cm³/mol.